The molecule has 0 heterocycles. The maximum absolute atomic E-state index is 12.8. The Morgan fingerprint density at radius 3 is 1.55 bits per heavy atom. The second-order valence-corrected chi connectivity index (χ2v) is 8.63. The molecular formula is C25H32O8. The van der Waals surface area contributed by atoms with Gasteiger partial charge in [-0.3, -0.25) is 9.59 Å². The molecule has 0 saturated carbocycles. The SMILES string of the molecule is COc1c(C)c(O)c(C(=O)C(C)C)c(O)c1Cc1c(O)c(C)c(O)c(C(=O)C(C)C)c1OC. The van der Waals surface area contributed by atoms with Crippen molar-refractivity contribution in [2.24, 2.45) is 11.8 Å². The van der Waals surface area contributed by atoms with Crippen LogP contribution < -0.4 is 9.47 Å². The van der Waals surface area contributed by atoms with E-state index in [1.54, 1.807) is 34.6 Å². The van der Waals surface area contributed by atoms with Crippen molar-refractivity contribution in [2.75, 3.05) is 14.2 Å². The summed E-state index contributed by atoms with van der Waals surface area (Å²) in [5.74, 6) is -3.33. The fraction of sp³-hybridized carbons (Fsp3) is 0.440. The van der Waals surface area contributed by atoms with Gasteiger partial charge >= 0.3 is 0 Å². The van der Waals surface area contributed by atoms with Gasteiger partial charge in [-0.15, -0.1) is 0 Å². The topological polar surface area (TPSA) is 134 Å². The van der Waals surface area contributed by atoms with Gasteiger partial charge in [0.15, 0.2) is 11.6 Å². The van der Waals surface area contributed by atoms with Crippen molar-refractivity contribution in [3.63, 3.8) is 0 Å². The zero-order valence-electron chi connectivity index (χ0n) is 20.3. The summed E-state index contributed by atoms with van der Waals surface area (Å²) >= 11 is 0. The number of phenolic OH excluding ortho intramolecular Hbond substituents is 4. The molecule has 8 heteroatoms. The number of methoxy groups -OCH3 is 2. The van der Waals surface area contributed by atoms with Crippen LogP contribution in [0.15, 0.2) is 0 Å². The Labute approximate surface area is 193 Å². The van der Waals surface area contributed by atoms with E-state index in [9.17, 15) is 30.0 Å². The van der Waals surface area contributed by atoms with Gasteiger partial charge in [0.05, 0.1) is 14.2 Å². The molecule has 0 aromatic heterocycles. The van der Waals surface area contributed by atoms with E-state index in [4.69, 9.17) is 9.47 Å². The van der Waals surface area contributed by atoms with Gasteiger partial charge in [-0.2, -0.15) is 0 Å². The van der Waals surface area contributed by atoms with E-state index < -0.39 is 23.4 Å². The smallest absolute Gasteiger partial charge is 0.172 e. The number of benzene rings is 2. The molecule has 0 aliphatic heterocycles. The van der Waals surface area contributed by atoms with Gasteiger partial charge in [0.25, 0.3) is 0 Å². The second-order valence-electron chi connectivity index (χ2n) is 8.63. The lowest BCUT2D eigenvalue weighted by molar-refractivity contribution is 0.0925. The van der Waals surface area contributed by atoms with Crippen LogP contribution in [0.2, 0.25) is 0 Å². The summed E-state index contributed by atoms with van der Waals surface area (Å²) in [6.45, 7) is 9.62. The van der Waals surface area contributed by atoms with Gasteiger partial charge in [0.1, 0.15) is 45.6 Å². The number of ether oxygens (including phenoxy) is 2. The standard InChI is InChI=1S/C25H32O8/c1-10(2)18(26)16-22(30)13(6)24(32-7)15(23(16)31)9-14-20(28)12(5)21(29)17(25(14)33-8)19(27)11(3)4/h10-11,28-31H,9H2,1-8H3. The highest BCUT2D eigenvalue weighted by Crippen LogP contribution is 2.48. The molecule has 33 heavy (non-hydrogen) atoms. The Balaban J connectivity index is 2.93. The summed E-state index contributed by atoms with van der Waals surface area (Å²) < 4.78 is 10.9. The Morgan fingerprint density at radius 1 is 0.667 bits per heavy atom. The highest BCUT2D eigenvalue weighted by Gasteiger charge is 2.32. The number of phenols is 4. The van der Waals surface area contributed by atoms with Crippen LogP contribution in [-0.2, 0) is 6.42 Å². The molecule has 0 fully saturated rings. The lowest BCUT2D eigenvalue weighted by Crippen LogP contribution is -2.13. The summed E-state index contributed by atoms with van der Waals surface area (Å²) in [5.41, 5.74) is 0.233. The molecule has 0 amide bonds. The molecule has 0 spiro atoms. The summed E-state index contributed by atoms with van der Waals surface area (Å²) in [5, 5.41) is 43.1. The monoisotopic (exact) mass is 460 g/mol. The minimum absolute atomic E-state index is 0.0433. The number of Topliss-reactive ketones (excluding diaryl/α,β-unsaturated/α-hetero) is 2. The van der Waals surface area contributed by atoms with Crippen molar-refractivity contribution in [2.45, 2.75) is 48.0 Å². The average Bonchev–Trinajstić information content (AvgIpc) is 2.76. The van der Waals surface area contributed by atoms with Crippen molar-refractivity contribution in [3.05, 3.63) is 33.4 Å². The predicted octanol–water partition coefficient (Wildman–Crippen LogP) is 4.41. The zero-order chi connectivity index (χ0) is 25.4. The summed E-state index contributed by atoms with van der Waals surface area (Å²) in [6.07, 6.45) is -0.205. The maximum atomic E-state index is 12.8. The van der Waals surface area contributed by atoms with Gasteiger partial charge in [-0.05, 0) is 13.8 Å². The number of rotatable bonds is 8. The number of ketones is 2. The molecule has 2 aromatic carbocycles. The Bertz CT molecular complexity index is 1110. The molecule has 0 saturated heterocycles. The fourth-order valence-corrected chi connectivity index (χ4v) is 3.83. The molecule has 0 atom stereocenters. The molecule has 4 N–H and O–H groups in total. The van der Waals surface area contributed by atoms with Crippen molar-refractivity contribution < 1.29 is 39.5 Å². The van der Waals surface area contributed by atoms with Crippen LogP contribution in [0.3, 0.4) is 0 Å². The van der Waals surface area contributed by atoms with Crippen molar-refractivity contribution in [1.82, 2.24) is 0 Å². The third kappa shape index (κ3) is 4.29. The number of hydrogen-bond acceptors (Lipinski definition) is 8. The van der Waals surface area contributed by atoms with Crippen LogP contribution in [0.4, 0.5) is 0 Å². The van der Waals surface area contributed by atoms with Crippen LogP contribution in [0.25, 0.3) is 0 Å². The first-order valence-corrected chi connectivity index (χ1v) is 10.6. The first-order valence-electron chi connectivity index (χ1n) is 10.6. The van der Waals surface area contributed by atoms with Crippen LogP contribution in [-0.4, -0.2) is 46.2 Å². The van der Waals surface area contributed by atoms with Crippen molar-refractivity contribution >= 4 is 11.6 Å². The van der Waals surface area contributed by atoms with Gasteiger partial charge in [0.2, 0.25) is 0 Å². The van der Waals surface area contributed by atoms with Crippen LogP contribution in [0, 0.1) is 25.7 Å². The third-order valence-corrected chi connectivity index (χ3v) is 5.77. The normalized spacial score (nSPS) is 11.2. The quantitative estimate of drug-likeness (QED) is 0.426. The molecule has 0 aliphatic rings. The van der Waals surface area contributed by atoms with E-state index in [0.717, 1.165) is 0 Å². The molecule has 8 nitrogen and oxygen atoms in total. The number of aromatic hydroxyl groups is 4. The van der Waals surface area contributed by atoms with Gasteiger partial charge < -0.3 is 29.9 Å². The van der Waals surface area contributed by atoms with Crippen LogP contribution >= 0.6 is 0 Å². The molecule has 2 rings (SSSR count). The molecule has 0 unspecified atom stereocenters. The number of carbonyl (C=O) groups is 2. The Kier molecular flexibility index (Phi) is 7.52. The molecule has 180 valence electrons. The minimum atomic E-state index is -0.503. The van der Waals surface area contributed by atoms with E-state index in [1.807, 2.05) is 0 Å². The van der Waals surface area contributed by atoms with E-state index in [2.05, 4.69) is 0 Å². The highest BCUT2D eigenvalue weighted by atomic mass is 16.5. The predicted molar refractivity (Wildman–Crippen MR) is 123 cm³/mol. The lowest BCUT2D eigenvalue weighted by atomic mass is 9.88. The largest absolute Gasteiger partial charge is 0.507 e. The van der Waals surface area contributed by atoms with Gasteiger partial charge in [-0.1, -0.05) is 27.7 Å². The highest BCUT2D eigenvalue weighted by molar-refractivity contribution is 6.04. The minimum Gasteiger partial charge on any atom is -0.507 e. The Hall–Kier alpha value is -3.42. The average molecular weight is 461 g/mol. The molecular weight excluding hydrogens is 428 g/mol. The summed E-state index contributed by atoms with van der Waals surface area (Å²) in [7, 11) is 2.65. The molecule has 0 bridgehead atoms. The zero-order valence-corrected chi connectivity index (χ0v) is 20.3. The second kappa shape index (κ2) is 9.60. The summed E-state index contributed by atoms with van der Waals surface area (Å²) in [4.78, 5) is 25.6. The fourth-order valence-electron chi connectivity index (χ4n) is 3.83. The molecule has 2 aromatic rings. The first-order chi connectivity index (χ1) is 15.3. The van der Waals surface area contributed by atoms with E-state index in [0.29, 0.717) is 0 Å². The summed E-state index contributed by atoms with van der Waals surface area (Å²) in [6, 6.07) is 0. The van der Waals surface area contributed by atoms with E-state index >= 15 is 0 Å². The molecule has 0 radical (unpaired) electrons. The first kappa shape index (κ1) is 25.8. The lowest BCUT2D eigenvalue weighted by Gasteiger charge is -2.22. The van der Waals surface area contributed by atoms with E-state index in [1.165, 1.54) is 21.1 Å². The molecule has 0 aliphatic carbocycles. The van der Waals surface area contributed by atoms with Crippen molar-refractivity contribution in [1.29, 1.82) is 0 Å². The van der Waals surface area contributed by atoms with Crippen molar-refractivity contribution in [3.8, 4) is 34.5 Å². The third-order valence-electron chi connectivity index (χ3n) is 5.77. The van der Waals surface area contributed by atoms with E-state index in [-0.39, 0.29) is 74.3 Å². The van der Waals surface area contributed by atoms with Gasteiger partial charge in [0, 0.05) is 40.5 Å². The number of carbonyl (C=O) groups excluding carboxylic acids is 2. The number of hydrogen-bond donors (Lipinski definition) is 4. The van der Waals surface area contributed by atoms with Gasteiger partial charge in [-0.25, -0.2) is 0 Å². The van der Waals surface area contributed by atoms with Crippen LogP contribution in [0.5, 0.6) is 34.5 Å². The van der Waals surface area contributed by atoms with Crippen LogP contribution in [0.1, 0.15) is 70.7 Å². The Morgan fingerprint density at radius 2 is 1.09 bits per heavy atom. The maximum Gasteiger partial charge on any atom is 0.172 e.